The topological polar surface area (TPSA) is 83.8 Å². The zero-order valence-corrected chi connectivity index (χ0v) is 16.1. The van der Waals surface area contributed by atoms with Crippen LogP contribution in [0, 0.1) is 6.92 Å². The van der Waals surface area contributed by atoms with Gasteiger partial charge in [0.15, 0.2) is 11.5 Å². The van der Waals surface area contributed by atoms with Gasteiger partial charge in [-0.25, -0.2) is 17.2 Å². The molecule has 4 rings (SSSR count). The molecule has 0 amide bonds. The van der Waals surface area contributed by atoms with Crippen molar-refractivity contribution in [2.75, 3.05) is 6.61 Å². The van der Waals surface area contributed by atoms with Crippen molar-refractivity contribution in [1.82, 2.24) is 3.97 Å². The third kappa shape index (κ3) is 3.19. The summed E-state index contributed by atoms with van der Waals surface area (Å²) in [6.45, 7) is 3.41. The van der Waals surface area contributed by atoms with Gasteiger partial charge in [-0.3, -0.25) is 0 Å². The number of aromatic nitrogens is 1. The molecule has 1 aromatic heterocycles. The maximum atomic E-state index is 13.4. The number of hydrogen-bond donors (Lipinski definition) is 0. The van der Waals surface area contributed by atoms with E-state index < -0.39 is 22.3 Å². The highest BCUT2D eigenvalue weighted by atomic mass is 32.2. The molecule has 0 unspecified atom stereocenters. The molecule has 0 bridgehead atoms. The van der Waals surface area contributed by atoms with Crippen LogP contribution in [0.5, 0.6) is 11.5 Å². The standard InChI is InChI=1S/C19H15F2NO6S/c1-3-26-18(23)15-8-12-9-16-17(28-19(20,21)27-16)10-14(12)22(15)29(24,25)13-6-4-11(2)5-7-13/h4-10H,3H2,1-2H3. The number of rotatable bonds is 4. The molecule has 0 atom stereocenters. The molecule has 2 aromatic carbocycles. The van der Waals surface area contributed by atoms with Gasteiger partial charge in [-0.05, 0) is 38.1 Å². The van der Waals surface area contributed by atoms with Crippen LogP contribution in [-0.4, -0.2) is 31.3 Å². The normalized spacial score (nSPS) is 14.9. The second-order valence-electron chi connectivity index (χ2n) is 6.36. The highest BCUT2D eigenvalue weighted by Gasteiger charge is 2.44. The summed E-state index contributed by atoms with van der Waals surface area (Å²) in [5.74, 6) is -1.47. The highest BCUT2D eigenvalue weighted by Crippen LogP contribution is 2.44. The Morgan fingerprint density at radius 2 is 1.72 bits per heavy atom. The molecule has 1 aliphatic heterocycles. The number of carbonyl (C=O) groups is 1. The number of nitrogens with zero attached hydrogens (tertiary/aromatic N) is 1. The molecule has 7 nitrogen and oxygen atoms in total. The predicted octanol–water partition coefficient (Wildman–Crippen LogP) is 3.68. The summed E-state index contributed by atoms with van der Waals surface area (Å²) < 4.78 is 68.0. The number of carbonyl (C=O) groups excluding carboxylic acids is 1. The van der Waals surface area contributed by atoms with Crippen LogP contribution in [0.3, 0.4) is 0 Å². The second-order valence-corrected chi connectivity index (χ2v) is 8.14. The van der Waals surface area contributed by atoms with E-state index in [0.29, 0.717) is 0 Å². The van der Waals surface area contributed by atoms with Gasteiger partial charge >= 0.3 is 12.3 Å². The van der Waals surface area contributed by atoms with E-state index >= 15 is 0 Å². The van der Waals surface area contributed by atoms with E-state index in [4.69, 9.17) is 4.74 Å². The zero-order chi connectivity index (χ0) is 21.0. The van der Waals surface area contributed by atoms with Crippen LogP contribution in [-0.2, 0) is 14.8 Å². The highest BCUT2D eigenvalue weighted by molar-refractivity contribution is 7.90. The molecule has 0 N–H and O–H groups in total. The number of alkyl halides is 2. The van der Waals surface area contributed by atoms with Gasteiger partial charge in [0.25, 0.3) is 10.0 Å². The number of hydrogen-bond acceptors (Lipinski definition) is 6. The van der Waals surface area contributed by atoms with E-state index in [0.717, 1.165) is 15.6 Å². The Kier molecular flexibility index (Phi) is 4.26. The summed E-state index contributed by atoms with van der Waals surface area (Å²) in [6, 6.07) is 9.55. The van der Waals surface area contributed by atoms with Crippen molar-refractivity contribution >= 4 is 26.9 Å². The van der Waals surface area contributed by atoms with E-state index in [-0.39, 0.29) is 39.6 Å². The lowest BCUT2D eigenvalue weighted by molar-refractivity contribution is -0.286. The van der Waals surface area contributed by atoms with Crippen molar-refractivity contribution in [2.24, 2.45) is 0 Å². The molecule has 1 aliphatic rings. The van der Waals surface area contributed by atoms with E-state index in [2.05, 4.69) is 9.47 Å². The Hall–Kier alpha value is -3.14. The van der Waals surface area contributed by atoms with Gasteiger partial charge in [0, 0.05) is 11.5 Å². The van der Waals surface area contributed by atoms with E-state index in [1.54, 1.807) is 26.0 Å². The van der Waals surface area contributed by atoms with Crippen molar-refractivity contribution in [3.63, 3.8) is 0 Å². The molecule has 0 saturated heterocycles. The van der Waals surface area contributed by atoms with Crippen molar-refractivity contribution in [1.29, 1.82) is 0 Å². The van der Waals surface area contributed by atoms with Crippen LogP contribution in [0.2, 0.25) is 0 Å². The first-order valence-corrected chi connectivity index (χ1v) is 10.0. The van der Waals surface area contributed by atoms with Gasteiger partial charge in [0.2, 0.25) is 0 Å². The maximum absolute atomic E-state index is 13.4. The summed E-state index contributed by atoms with van der Waals surface area (Å²) in [5.41, 5.74) is 0.559. The average molecular weight is 423 g/mol. The fraction of sp³-hybridized carbons (Fsp3) is 0.211. The molecule has 0 saturated carbocycles. The van der Waals surface area contributed by atoms with Gasteiger partial charge in [-0.15, -0.1) is 8.78 Å². The van der Waals surface area contributed by atoms with Crippen molar-refractivity contribution in [3.05, 3.63) is 53.7 Å². The second kappa shape index (κ2) is 6.45. The van der Waals surface area contributed by atoms with E-state index in [1.165, 1.54) is 24.3 Å². The average Bonchev–Trinajstić information content (AvgIpc) is 3.15. The van der Waals surface area contributed by atoms with Gasteiger partial charge < -0.3 is 14.2 Å². The summed E-state index contributed by atoms with van der Waals surface area (Å²) in [7, 11) is -4.25. The molecule has 3 aromatic rings. The lowest BCUT2D eigenvalue weighted by Crippen LogP contribution is -2.26. The van der Waals surface area contributed by atoms with Gasteiger partial charge in [0.1, 0.15) is 5.69 Å². The maximum Gasteiger partial charge on any atom is 0.586 e. The Bertz CT molecular complexity index is 1230. The Labute approximate surface area is 164 Å². The van der Waals surface area contributed by atoms with Crippen molar-refractivity contribution < 1.29 is 36.2 Å². The quantitative estimate of drug-likeness (QED) is 0.596. The van der Waals surface area contributed by atoms with Crippen LogP contribution in [0.15, 0.2) is 47.4 Å². The number of fused-ring (bicyclic) bond motifs is 2. The summed E-state index contributed by atoms with van der Waals surface area (Å²) in [4.78, 5) is 12.4. The molecular formula is C19H15F2NO6S. The lowest BCUT2D eigenvalue weighted by Gasteiger charge is -2.12. The van der Waals surface area contributed by atoms with Gasteiger partial charge in [0.05, 0.1) is 17.0 Å². The zero-order valence-electron chi connectivity index (χ0n) is 15.3. The summed E-state index contributed by atoms with van der Waals surface area (Å²) >= 11 is 0. The molecule has 2 heterocycles. The van der Waals surface area contributed by atoms with Crippen LogP contribution < -0.4 is 9.47 Å². The monoisotopic (exact) mass is 423 g/mol. The minimum Gasteiger partial charge on any atom is -0.461 e. The van der Waals surface area contributed by atoms with Crippen LogP contribution in [0.1, 0.15) is 23.0 Å². The summed E-state index contributed by atoms with van der Waals surface area (Å²) in [6.07, 6.45) is -3.86. The number of ether oxygens (including phenoxy) is 3. The minimum absolute atomic E-state index is 0.0197. The van der Waals surface area contributed by atoms with Crippen LogP contribution in [0.25, 0.3) is 10.9 Å². The van der Waals surface area contributed by atoms with Crippen LogP contribution in [0.4, 0.5) is 8.78 Å². The molecule has 29 heavy (non-hydrogen) atoms. The molecule has 10 heteroatoms. The van der Waals surface area contributed by atoms with Gasteiger partial charge in [-0.1, -0.05) is 17.7 Å². The van der Waals surface area contributed by atoms with Gasteiger partial charge in [-0.2, -0.15) is 0 Å². The molecule has 0 fully saturated rings. The molecule has 0 aliphatic carbocycles. The van der Waals surface area contributed by atoms with E-state index in [1.807, 2.05) is 0 Å². The smallest absolute Gasteiger partial charge is 0.461 e. The first-order valence-electron chi connectivity index (χ1n) is 8.57. The molecule has 0 radical (unpaired) electrons. The molecular weight excluding hydrogens is 408 g/mol. The third-order valence-corrected chi connectivity index (χ3v) is 6.07. The van der Waals surface area contributed by atoms with Crippen LogP contribution >= 0.6 is 0 Å². The third-order valence-electron chi connectivity index (χ3n) is 4.32. The minimum atomic E-state index is -4.25. The predicted molar refractivity (Wildman–Crippen MR) is 97.9 cm³/mol. The first kappa shape index (κ1) is 19.2. The fourth-order valence-corrected chi connectivity index (χ4v) is 4.54. The SMILES string of the molecule is CCOC(=O)c1cc2cc3c(cc2n1S(=O)(=O)c1ccc(C)cc1)OC(F)(F)O3. The first-order chi connectivity index (χ1) is 13.6. The van der Waals surface area contributed by atoms with Crippen molar-refractivity contribution in [2.45, 2.75) is 25.0 Å². The summed E-state index contributed by atoms with van der Waals surface area (Å²) in [5, 5.41) is 0.198. The number of aryl methyl sites for hydroxylation is 1. The largest absolute Gasteiger partial charge is 0.586 e. The van der Waals surface area contributed by atoms with Crippen molar-refractivity contribution in [3.8, 4) is 11.5 Å². The lowest BCUT2D eigenvalue weighted by atomic mass is 10.2. The van der Waals surface area contributed by atoms with E-state index in [9.17, 15) is 22.0 Å². The molecule has 152 valence electrons. The molecule has 0 spiro atoms. The number of halogens is 2. The number of esters is 1. The Morgan fingerprint density at radius 1 is 1.10 bits per heavy atom. The number of benzene rings is 2. The fourth-order valence-electron chi connectivity index (χ4n) is 3.05. The Morgan fingerprint density at radius 3 is 2.34 bits per heavy atom. The Balaban J connectivity index is 1.98.